The molecule has 0 fully saturated rings. The first-order valence-electron chi connectivity index (χ1n) is 9.25. The Morgan fingerprint density at radius 3 is 2.61 bits per heavy atom. The number of fused-ring (bicyclic) bond motifs is 1. The molecule has 2 aromatic heterocycles. The van der Waals surface area contributed by atoms with Crippen LogP contribution in [0.25, 0.3) is 11.0 Å². The minimum absolute atomic E-state index is 0.00441. The maximum absolute atomic E-state index is 14.5. The molecule has 0 aliphatic rings. The van der Waals surface area contributed by atoms with Gasteiger partial charge in [0.2, 0.25) is 0 Å². The van der Waals surface area contributed by atoms with Gasteiger partial charge in [-0.05, 0) is 19.9 Å². The summed E-state index contributed by atoms with van der Waals surface area (Å²) in [7, 11) is 1.22. The van der Waals surface area contributed by atoms with Gasteiger partial charge in [0, 0.05) is 5.56 Å². The van der Waals surface area contributed by atoms with E-state index in [4.69, 9.17) is 9.57 Å². The highest BCUT2D eigenvalue weighted by atomic mass is 19.3. The number of anilines is 1. The third-order valence-electron chi connectivity index (χ3n) is 4.55. The molecule has 1 atom stereocenters. The summed E-state index contributed by atoms with van der Waals surface area (Å²) < 4.78 is 46.3. The quantitative estimate of drug-likeness (QED) is 0.568. The van der Waals surface area contributed by atoms with Crippen LogP contribution in [0.5, 0.6) is 0 Å². The number of pyridine rings is 1. The third kappa shape index (κ3) is 4.16. The number of benzene rings is 1. The molecule has 0 bridgehead atoms. The number of alkyl halides is 2. The van der Waals surface area contributed by atoms with Crippen LogP contribution in [-0.4, -0.2) is 34.4 Å². The molecule has 1 unspecified atom stereocenters. The Bertz CT molecular complexity index is 1180. The summed E-state index contributed by atoms with van der Waals surface area (Å²) in [6.45, 7) is 3.20. The lowest BCUT2D eigenvalue weighted by Gasteiger charge is -2.19. The number of nitrogens with zero attached hydrogens (tertiary/aromatic N) is 3. The molecule has 2 heterocycles. The molecular weight excluding hydrogens is 417 g/mol. The number of hydrogen-bond acceptors (Lipinski definition) is 7. The first-order chi connectivity index (χ1) is 14.8. The van der Waals surface area contributed by atoms with E-state index in [0.717, 1.165) is 17.1 Å². The Labute approximate surface area is 174 Å². The van der Waals surface area contributed by atoms with Gasteiger partial charge in [0.25, 0.3) is 12.0 Å². The number of nitrogens with one attached hydrogen (secondary N) is 1. The van der Waals surface area contributed by atoms with E-state index in [9.17, 15) is 22.8 Å². The summed E-state index contributed by atoms with van der Waals surface area (Å²) >= 11 is 0. The number of esters is 1. The van der Waals surface area contributed by atoms with Gasteiger partial charge in [-0.25, -0.2) is 27.9 Å². The van der Waals surface area contributed by atoms with Gasteiger partial charge in [0.1, 0.15) is 30.6 Å². The van der Waals surface area contributed by atoms with E-state index in [-0.39, 0.29) is 34.6 Å². The summed E-state index contributed by atoms with van der Waals surface area (Å²) in [5, 5.41) is 3.13. The lowest BCUT2D eigenvalue weighted by molar-refractivity contribution is 0.0519. The van der Waals surface area contributed by atoms with Crippen molar-refractivity contribution in [3.05, 3.63) is 63.5 Å². The van der Waals surface area contributed by atoms with E-state index in [1.807, 2.05) is 0 Å². The highest BCUT2D eigenvalue weighted by Crippen LogP contribution is 2.30. The third-order valence-corrected chi connectivity index (χ3v) is 4.55. The lowest BCUT2D eigenvalue weighted by Crippen LogP contribution is -2.31. The molecule has 3 aromatic rings. The fourth-order valence-electron chi connectivity index (χ4n) is 3.09. The van der Waals surface area contributed by atoms with Crippen LogP contribution in [0.4, 0.5) is 19.0 Å². The van der Waals surface area contributed by atoms with E-state index < -0.39 is 35.4 Å². The largest absolute Gasteiger partial charge is 0.462 e. The molecule has 164 valence electrons. The van der Waals surface area contributed by atoms with Gasteiger partial charge >= 0.3 is 5.97 Å². The van der Waals surface area contributed by atoms with E-state index in [1.165, 1.54) is 25.3 Å². The lowest BCUT2D eigenvalue weighted by atomic mass is 10.0. The molecule has 8 nitrogen and oxygen atoms in total. The van der Waals surface area contributed by atoms with Gasteiger partial charge < -0.3 is 14.9 Å². The number of aromatic nitrogens is 3. The number of carbonyl (C=O) groups excluding carboxylic acids is 1. The Hall–Kier alpha value is -3.63. The van der Waals surface area contributed by atoms with Crippen LogP contribution < -0.4 is 15.7 Å². The second-order valence-corrected chi connectivity index (χ2v) is 6.44. The van der Waals surface area contributed by atoms with Crippen LogP contribution in [0.2, 0.25) is 0 Å². The maximum Gasteiger partial charge on any atom is 0.343 e. The fraction of sp³-hybridized carbons (Fsp3) is 0.300. The molecule has 31 heavy (non-hydrogen) atoms. The molecule has 0 radical (unpaired) electrons. The van der Waals surface area contributed by atoms with Gasteiger partial charge in [0.05, 0.1) is 23.6 Å². The molecule has 0 spiro atoms. The first kappa shape index (κ1) is 22.1. The Balaban J connectivity index is 2.11. The standard InChI is InChI=1S/C20H19F3N4O4/c1-4-31-20(29)14-8-13-17(24-9-25-18(13)27(30-3)19(14)28)26-10(2)11-6-5-7-12(15(11)21)16(22)23/h5-10,16H,4H2,1-3H3,(H,24,25,26). The van der Waals surface area contributed by atoms with Gasteiger partial charge in [-0.15, -0.1) is 4.73 Å². The zero-order valence-electron chi connectivity index (χ0n) is 16.9. The Morgan fingerprint density at radius 1 is 1.26 bits per heavy atom. The predicted octanol–water partition coefficient (Wildman–Crippen LogP) is 3.28. The van der Waals surface area contributed by atoms with Crippen LogP contribution in [0.1, 0.15) is 47.8 Å². The van der Waals surface area contributed by atoms with Gasteiger partial charge in [-0.1, -0.05) is 18.2 Å². The van der Waals surface area contributed by atoms with Gasteiger partial charge in [-0.3, -0.25) is 4.79 Å². The van der Waals surface area contributed by atoms with Crippen molar-refractivity contribution in [3.8, 4) is 0 Å². The molecule has 1 aromatic carbocycles. The van der Waals surface area contributed by atoms with Crippen molar-refractivity contribution in [1.29, 1.82) is 0 Å². The molecule has 0 saturated heterocycles. The summed E-state index contributed by atoms with van der Waals surface area (Å²) in [5.41, 5.74) is -1.76. The van der Waals surface area contributed by atoms with Crippen molar-refractivity contribution in [2.24, 2.45) is 0 Å². The number of rotatable bonds is 7. The van der Waals surface area contributed by atoms with Crippen molar-refractivity contribution in [3.63, 3.8) is 0 Å². The molecular formula is C20H19F3N4O4. The maximum atomic E-state index is 14.5. The smallest absolute Gasteiger partial charge is 0.343 e. The van der Waals surface area contributed by atoms with Crippen molar-refractivity contribution in [1.82, 2.24) is 14.7 Å². The van der Waals surface area contributed by atoms with Crippen LogP contribution in [0.3, 0.4) is 0 Å². The van der Waals surface area contributed by atoms with Crippen molar-refractivity contribution >= 4 is 22.8 Å². The molecule has 0 saturated carbocycles. The summed E-state index contributed by atoms with van der Waals surface area (Å²) in [6, 6.07) is 4.17. The Kier molecular flexibility index (Phi) is 6.42. The van der Waals surface area contributed by atoms with E-state index in [1.54, 1.807) is 13.8 Å². The fourth-order valence-corrected chi connectivity index (χ4v) is 3.09. The van der Waals surface area contributed by atoms with E-state index >= 15 is 0 Å². The van der Waals surface area contributed by atoms with E-state index in [2.05, 4.69) is 15.3 Å². The normalized spacial score (nSPS) is 12.1. The number of ether oxygens (including phenoxy) is 1. The number of hydrogen-bond donors (Lipinski definition) is 1. The molecule has 0 amide bonds. The number of halogens is 3. The molecule has 0 aliphatic heterocycles. The van der Waals surface area contributed by atoms with Gasteiger partial charge in [0.15, 0.2) is 5.65 Å². The minimum Gasteiger partial charge on any atom is -0.462 e. The highest BCUT2D eigenvalue weighted by Gasteiger charge is 2.23. The monoisotopic (exact) mass is 436 g/mol. The van der Waals surface area contributed by atoms with Crippen LogP contribution in [0.15, 0.2) is 35.4 Å². The summed E-state index contributed by atoms with van der Waals surface area (Å²) in [4.78, 5) is 38.0. The van der Waals surface area contributed by atoms with Crippen molar-refractivity contribution < 1.29 is 27.5 Å². The molecule has 0 aliphatic carbocycles. The average Bonchev–Trinajstić information content (AvgIpc) is 2.73. The van der Waals surface area contributed by atoms with Crippen molar-refractivity contribution in [2.75, 3.05) is 19.0 Å². The average molecular weight is 436 g/mol. The molecule has 1 N–H and O–H groups in total. The van der Waals surface area contributed by atoms with E-state index in [0.29, 0.717) is 0 Å². The molecule has 11 heteroatoms. The number of carbonyl (C=O) groups is 1. The van der Waals surface area contributed by atoms with Gasteiger partial charge in [-0.2, -0.15) is 0 Å². The van der Waals surface area contributed by atoms with Crippen molar-refractivity contribution in [2.45, 2.75) is 26.3 Å². The molecule has 3 rings (SSSR count). The zero-order valence-corrected chi connectivity index (χ0v) is 16.9. The van der Waals surface area contributed by atoms with Crippen LogP contribution >= 0.6 is 0 Å². The highest BCUT2D eigenvalue weighted by molar-refractivity contribution is 5.96. The SMILES string of the molecule is CCOC(=O)c1cc2c(NC(C)c3cccc(C(F)F)c3F)ncnc2n(OC)c1=O. The van der Waals surface area contributed by atoms with Crippen LogP contribution in [0, 0.1) is 5.82 Å². The first-order valence-corrected chi connectivity index (χ1v) is 9.25. The predicted molar refractivity (Wildman–Crippen MR) is 106 cm³/mol. The minimum atomic E-state index is -2.96. The topological polar surface area (TPSA) is 95.3 Å². The van der Waals surface area contributed by atoms with Crippen LogP contribution in [-0.2, 0) is 4.74 Å². The second-order valence-electron chi connectivity index (χ2n) is 6.44. The zero-order chi connectivity index (χ0) is 22.7. The summed E-state index contributed by atoms with van der Waals surface area (Å²) in [5.74, 6) is -1.76. The summed E-state index contributed by atoms with van der Waals surface area (Å²) in [6.07, 6.45) is -1.82. The Morgan fingerprint density at radius 2 is 1.97 bits per heavy atom. The second kappa shape index (κ2) is 9.02.